The topological polar surface area (TPSA) is 92.2 Å². The predicted molar refractivity (Wildman–Crippen MR) is 105 cm³/mol. The molecule has 1 aliphatic rings. The number of aromatic nitrogens is 1. The maximum atomic E-state index is 12.7. The third-order valence-corrected chi connectivity index (χ3v) is 5.14. The Morgan fingerprint density at radius 3 is 2.75 bits per heavy atom. The third kappa shape index (κ3) is 3.29. The normalized spacial score (nSPS) is 15.9. The summed E-state index contributed by atoms with van der Waals surface area (Å²) in [6.45, 7) is 1.99. The second kappa shape index (κ2) is 7.31. The molecule has 0 bridgehead atoms. The van der Waals surface area contributed by atoms with E-state index < -0.39 is 11.5 Å². The van der Waals surface area contributed by atoms with Crippen molar-refractivity contribution in [2.24, 2.45) is 0 Å². The number of hydrogen-bond donors (Lipinski definition) is 2. The quantitative estimate of drug-likeness (QED) is 0.726. The summed E-state index contributed by atoms with van der Waals surface area (Å²) in [5.74, 6) is -0.0209. The van der Waals surface area contributed by atoms with Crippen LogP contribution in [0.25, 0.3) is 0 Å². The number of hydrogen-bond acceptors (Lipinski definition) is 4. The smallest absolute Gasteiger partial charge is 0.261 e. The van der Waals surface area contributed by atoms with E-state index in [1.807, 2.05) is 31.2 Å². The Kier molecular flexibility index (Phi) is 4.69. The van der Waals surface area contributed by atoms with E-state index >= 15 is 0 Å². The van der Waals surface area contributed by atoms with Crippen molar-refractivity contribution in [3.63, 3.8) is 0 Å². The summed E-state index contributed by atoms with van der Waals surface area (Å²) in [6.07, 6.45) is 3.10. The summed E-state index contributed by atoms with van der Waals surface area (Å²) in [5, 5.41) is 2.79. The Bertz CT molecular complexity index is 1100. The minimum atomic E-state index is -0.522. The van der Waals surface area contributed by atoms with E-state index in [2.05, 4.69) is 10.3 Å². The van der Waals surface area contributed by atoms with Crippen LogP contribution in [0.2, 0.25) is 0 Å². The maximum Gasteiger partial charge on any atom is 0.261 e. The monoisotopic (exact) mass is 376 g/mol. The Labute approximate surface area is 161 Å². The number of carbonyl (C=O) groups excluding carboxylic acids is 2. The van der Waals surface area contributed by atoms with E-state index in [1.54, 1.807) is 18.4 Å². The van der Waals surface area contributed by atoms with Crippen molar-refractivity contribution < 1.29 is 14.0 Å². The van der Waals surface area contributed by atoms with Crippen LogP contribution in [-0.4, -0.2) is 16.7 Å². The fraction of sp³-hybridized carbons (Fsp3) is 0.227. The number of pyridine rings is 1. The number of para-hydroxylation sites is 1. The van der Waals surface area contributed by atoms with Gasteiger partial charge in [0.15, 0.2) is 5.78 Å². The molecule has 1 amide bonds. The number of Topliss-reactive ketones (excluding diaryl/α,β-unsaturated/α-hetero) is 1. The summed E-state index contributed by atoms with van der Waals surface area (Å²) in [7, 11) is 0. The Hall–Kier alpha value is -3.41. The maximum absolute atomic E-state index is 12.7. The minimum Gasteiger partial charge on any atom is -0.469 e. The molecule has 0 radical (unpaired) electrons. The average molecular weight is 376 g/mol. The first-order valence-corrected chi connectivity index (χ1v) is 9.29. The van der Waals surface area contributed by atoms with Crippen molar-refractivity contribution in [2.45, 2.75) is 32.1 Å². The largest absolute Gasteiger partial charge is 0.469 e. The number of ketones is 1. The van der Waals surface area contributed by atoms with Gasteiger partial charge in [0.2, 0.25) is 0 Å². The predicted octanol–water partition coefficient (Wildman–Crippen LogP) is 3.70. The van der Waals surface area contributed by atoms with Crippen LogP contribution in [-0.2, 0) is 12.8 Å². The zero-order chi connectivity index (χ0) is 19.7. The van der Waals surface area contributed by atoms with E-state index in [1.165, 1.54) is 6.07 Å². The van der Waals surface area contributed by atoms with Gasteiger partial charge in [-0.05, 0) is 42.7 Å². The fourth-order valence-corrected chi connectivity index (χ4v) is 3.66. The standard InChI is InChI=1S/C22H20N2O4/c1-2-13-6-3-4-7-17(13)23-21(26)16-12-15-18(24-22(16)27)10-14(11-19(15)25)20-8-5-9-28-20/h3-9,12,14H,2,10-11H2,1H3,(H,23,26)(H,24,27)/t14-/m0/s1. The fourth-order valence-electron chi connectivity index (χ4n) is 3.66. The Balaban J connectivity index is 1.64. The number of aromatic amines is 1. The summed E-state index contributed by atoms with van der Waals surface area (Å²) in [4.78, 5) is 40.6. The molecule has 0 saturated carbocycles. The van der Waals surface area contributed by atoms with Crippen LogP contribution >= 0.6 is 0 Å². The van der Waals surface area contributed by atoms with Gasteiger partial charge in [-0.3, -0.25) is 14.4 Å². The van der Waals surface area contributed by atoms with Gasteiger partial charge in [-0.1, -0.05) is 25.1 Å². The van der Waals surface area contributed by atoms with Gasteiger partial charge < -0.3 is 14.7 Å². The summed E-state index contributed by atoms with van der Waals surface area (Å²) in [6, 6.07) is 12.5. The molecule has 6 heteroatoms. The molecule has 3 aromatic rings. The molecule has 0 fully saturated rings. The number of amides is 1. The van der Waals surface area contributed by atoms with Crippen LogP contribution in [0.3, 0.4) is 0 Å². The number of aryl methyl sites for hydroxylation is 1. The first-order valence-electron chi connectivity index (χ1n) is 9.29. The molecule has 2 N–H and O–H groups in total. The minimum absolute atomic E-state index is 0.0607. The van der Waals surface area contributed by atoms with Gasteiger partial charge in [-0.15, -0.1) is 0 Å². The average Bonchev–Trinajstić information content (AvgIpc) is 3.22. The number of carbonyl (C=O) groups is 2. The molecule has 6 nitrogen and oxygen atoms in total. The van der Waals surface area contributed by atoms with E-state index in [0.717, 1.165) is 17.7 Å². The molecule has 0 saturated heterocycles. The number of furan rings is 1. The lowest BCUT2D eigenvalue weighted by Gasteiger charge is -2.22. The molecular weight excluding hydrogens is 356 g/mol. The molecule has 0 unspecified atom stereocenters. The second-order valence-corrected chi connectivity index (χ2v) is 6.91. The zero-order valence-corrected chi connectivity index (χ0v) is 15.5. The third-order valence-electron chi connectivity index (χ3n) is 5.14. The van der Waals surface area contributed by atoms with Crippen LogP contribution in [0.1, 0.15) is 57.0 Å². The second-order valence-electron chi connectivity index (χ2n) is 6.91. The van der Waals surface area contributed by atoms with Gasteiger partial charge in [0, 0.05) is 29.3 Å². The molecule has 1 atom stereocenters. The van der Waals surface area contributed by atoms with E-state index in [9.17, 15) is 14.4 Å². The summed E-state index contributed by atoms with van der Waals surface area (Å²) >= 11 is 0. The van der Waals surface area contributed by atoms with Crippen LogP contribution in [0, 0.1) is 0 Å². The molecule has 0 aliphatic heterocycles. The summed E-state index contributed by atoms with van der Waals surface area (Å²) in [5.41, 5.74) is 2.02. The molecule has 2 heterocycles. The highest BCUT2D eigenvalue weighted by Crippen LogP contribution is 2.31. The molecule has 0 spiro atoms. The van der Waals surface area contributed by atoms with Crippen molar-refractivity contribution in [1.29, 1.82) is 0 Å². The van der Waals surface area contributed by atoms with Gasteiger partial charge in [-0.25, -0.2) is 0 Å². The molecule has 4 rings (SSSR count). The van der Waals surface area contributed by atoms with Gasteiger partial charge in [0.05, 0.1) is 6.26 Å². The van der Waals surface area contributed by atoms with E-state index in [-0.39, 0.29) is 23.7 Å². The van der Waals surface area contributed by atoms with Crippen molar-refractivity contribution in [1.82, 2.24) is 4.98 Å². The van der Waals surface area contributed by atoms with Crippen molar-refractivity contribution >= 4 is 17.4 Å². The molecule has 28 heavy (non-hydrogen) atoms. The highest BCUT2D eigenvalue weighted by Gasteiger charge is 2.30. The number of H-pyrrole nitrogens is 1. The SMILES string of the molecule is CCc1ccccc1NC(=O)c1cc2c([nH]c1=O)C[C@H](c1ccco1)CC2=O. The molecule has 1 aromatic carbocycles. The van der Waals surface area contributed by atoms with E-state index in [4.69, 9.17) is 4.42 Å². The number of benzene rings is 1. The van der Waals surface area contributed by atoms with Gasteiger partial charge >= 0.3 is 0 Å². The number of anilines is 1. The van der Waals surface area contributed by atoms with Crippen LogP contribution in [0.15, 0.2) is 57.9 Å². The highest BCUT2D eigenvalue weighted by molar-refractivity contribution is 6.07. The lowest BCUT2D eigenvalue weighted by Crippen LogP contribution is -2.29. The lowest BCUT2D eigenvalue weighted by molar-refractivity contribution is 0.0959. The van der Waals surface area contributed by atoms with Gasteiger partial charge in [0.25, 0.3) is 11.5 Å². The molecule has 1 aliphatic carbocycles. The molecule has 142 valence electrons. The summed E-state index contributed by atoms with van der Waals surface area (Å²) < 4.78 is 5.41. The number of rotatable bonds is 4. The van der Waals surface area contributed by atoms with Crippen LogP contribution < -0.4 is 10.9 Å². The van der Waals surface area contributed by atoms with Crippen LogP contribution in [0.5, 0.6) is 0 Å². The lowest BCUT2D eigenvalue weighted by atomic mass is 9.84. The van der Waals surface area contributed by atoms with E-state index in [0.29, 0.717) is 23.4 Å². The number of nitrogens with one attached hydrogen (secondary N) is 2. The first-order chi connectivity index (χ1) is 13.6. The van der Waals surface area contributed by atoms with Crippen molar-refractivity contribution in [3.05, 3.63) is 87.2 Å². The Morgan fingerprint density at radius 1 is 1.18 bits per heavy atom. The van der Waals surface area contributed by atoms with Crippen molar-refractivity contribution in [2.75, 3.05) is 5.32 Å². The highest BCUT2D eigenvalue weighted by atomic mass is 16.3. The number of fused-ring (bicyclic) bond motifs is 1. The van der Waals surface area contributed by atoms with Gasteiger partial charge in [-0.2, -0.15) is 0 Å². The van der Waals surface area contributed by atoms with Crippen molar-refractivity contribution in [3.8, 4) is 0 Å². The molecule has 2 aromatic heterocycles. The molecular formula is C22H20N2O4. The van der Waals surface area contributed by atoms with Gasteiger partial charge in [0.1, 0.15) is 11.3 Å². The Morgan fingerprint density at radius 2 is 2.00 bits per heavy atom. The first kappa shape index (κ1) is 18.0. The van der Waals surface area contributed by atoms with Crippen LogP contribution in [0.4, 0.5) is 5.69 Å². The zero-order valence-electron chi connectivity index (χ0n) is 15.5.